The lowest BCUT2D eigenvalue weighted by Crippen LogP contribution is -2.25. The van der Waals surface area contributed by atoms with Gasteiger partial charge in [0.2, 0.25) is 0 Å². The summed E-state index contributed by atoms with van der Waals surface area (Å²) in [7, 11) is 1.48. The van der Waals surface area contributed by atoms with Crippen LogP contribution in [-0.2, 0) is 11.2 Å². The first-order chi connectivity index (χ1) is 17.4. The fourth-order valence-corrected chi connectivity index (χ4v) is 4.90. The Balaban J connectivity index is 1.81. The van der Waals surface area contributed by atoms with Gasteiger partial charge in [0, 0.05) is 16.0 Å². The molecule has 1 aromatic heterocycles. The van der Waals surface area contributed by atoms with E-state index in [4.69, 9.17) is 19.6 Å². The molecule has 0 radical (unpaired) electrons. The number of benzene rings is 2. The van der Waals surface area contributed by atoms with Crippen molar-refractivity contribution in [3.8, 4) is 11.5 Å². The summed E-state index contributed by atoms with van der Waals surface area (Å²) in [6.45, 7) is 3.28. The smallest absolute Gasteiger partial charge is 0.341 e. The zero-order valence-electron chi connectivity index (χ0n) is 20.1. The van der Waals surface area contributed by atoms with Crippen molar-refractivity contribution in [1.29, 1.82) is 0 Å². The van der Waals surface area contributed by atoms with Crippen molar-refractivity contribution in [2.75, 3.05) is 13.7 Å². The lowest BCUT2D eigenvalue weighted by Gasteiger charge is -2.22. The number of aliphatic carboxylic acids is 1. The highest BCUT2D eigenvalue weighted by Crippen LogP contribution is 2.34. The highest BCUT2D eigenvalue weighted by molar-refractivity contribution is 9.10. The molecule has 0 saturated heterocycles. The van der Waals surface area contributed by atoms with E-state index in [9.17, 15) is 9.59 Å². The van der Waals surface area contributed by atoms with Gasteiger partial charge in [-0.05, 0) is 55.2 Å². The molecule has 9 heteroatoms. The van der Waals surface area contributed by atoms with Crippen molar-refractivity contribution in [3.05, 3.63) is 74.8 Å². The van der Waals surface area contributed by atoms with Gasteiger partial charge in [-0.2, -0.15) is 9.78 Å². The summed E-state index contributed by atoms with van der Waals surface area (Å²) in [4.78, 5) is 29.4. The number of aromatic nitrogens is 2. The molecule has 0 aliphatic heterocycles. The number of rotatable bonds is 9. The molecule has 8 nitrogen and oxygen atoms in total. The molecule has 0 amide bonds. The molecule has 1 aliphatic carbocycles. The third-order valence-corrected chi connectivity index (χ3v) is 6.70. The minimum absolute atomic E-state index is 0.161. The number of hydrogen-bond donors (Lipinski definition) is 1. The Morgan fingerprint density at radius 3 is 2.75 bits per heavy atom. The molecule has 1 heterocycles. The highest BCUT2D eigenvalue weighted by Gasteiger charge is 2.22. The molecule has 0 unspecified atom stereocenters. The van der Waals surface area contributed by atoms with E-state index in [1.807, 2.05) is 18.2 Å². The van der Waals surface area contributed by atoms with Crippen LogP contribution in [0.2, 0.25) is 0 Å². The Bertz CT molecular complexity index is 1380. The monoisotopic (exact) mass is 553 g/mol. The number of hydrogen-bond acceptors (Lipinski definition) is 6. The van der Waals surface area contributed by atoms with Gasteiger partial charge in [-0.25, -0.2) is 9.78 Å². The second kappa shape index (κ2) is 11.5. The number of ether oxygens (including phenoxy) is 2. The van der Waals surface area contributed by atoms with Gasteiger partial charge in [0.25, 0.3) is 5.56 Å². The first-order valence-electron chi connectivity index (χ1n) is 11.8. The summed E-state index contributed by atoms with van der Waals surface area (Å²) in [6, 6.07) is 9.02. The van der Waals surface area contributed by atoms with Gasteiger partial charge < -0.3 is 14.6 Å². The van der Waals surface area contributed by atoms with Crippen molar-refractivity contribution >= 4 is 39.0 Å². The van der Waals surface area contributed by atoms with Crippen molar-refractivity contribution in [1.82, 2.24) is 9.66 Å². The third-order valence-electron chi connectivity index (χ3n) is 6.20. The number of carboxylic acids is 1. The van der Waals surface area contributed by atoms with Crippen molar-refractivity contribution in [3.63, 3.8) is 0 Å². The largest absolute Gasteiger partial charge is 0.493 e. The minimum atomic E-state index is -1.09. The summed E-state index contributed by atoms with van der Waals surface area (Å²) < 4.78 is 13.2. The molecule has 188 valence electrons. The van der Waals surface area contributed by atoms with E-state index in [1.165, 1.54) is 18.2 Å². The molecule has 36 heavy (non-hydrogen) atoms. The van der Waals surface area contributed by atoms with Gasteiger partial charge in [0.1, 0.15) is 5.82 Å². The topological polar surface area (TPSA) is 103 Å². The number of methoxy groups -OCH3 is 1. The van der Waals surface area contributed by atoms with Crippen LogP contribution in [-0.4, -0.2) is 40.7 Å². The van der Waals surface area contributed by atoms with Crippen LogP contribution >= 0.6 is 15.9 Å². The Kier molecular flexibility index (Phi) is 8.20. The average Bonchev–Trinajstić information content (AvgIpc) is 2.88. The second-order valence-corrected chi connectivity index (χ2v) is 9.63. The highest BCUT2D eigenvalue weighted by atomic mass is 79.9. The lowest BCUT2D eigenvalue weighted by atomic mass is 9.88. The first kappa shape index (κ1) is 25.6. The van der Waals surface area contributed by atoms with Crippen LogP contribution < -0.4 is 15.0 Å². The fourth-order valence-electron chi connectivity index (χ4n) is 4.54. The molecule has 0 bridgehead atoms. The summed E-state index contributed by atoms with van der Waals surface area (Å²) in [5.41, 5.74) is 1.80. The van der Waals surface area contributed by atoms with Crippen molar-refractivity contribution < 1.29 is 19.4 Å². The summed E-state index contributed by atoms with van der Waals surface area (Å²) in [5, 5.41) is 14.1. The van der Waals surface area contributed by atoms with Crippen LogP contribution in [0.1, 0.15) is 55.0 Å². The van der Waals surface area contributed by atoms with Gasteiger partial charge in [-0.15, -0.1) is 6.58 Å². The zero-order valence-corrected chi connectivity index (χ0v) is 21.7. The molecular formula is C27H28BrN3O5. The number of carbonyl (C=O) groups is 1. The van der Waals surface area contributed by atoms with Crippen LogP contribution in [0.4, 0.5) is 0 Å². The Hall–Kier alpha value is -3.46. The van der Waals surface area contributed by atoms with Crippen LogP contribution in [0.15, 0.2) is 57.4 Å². The van der Waals surface area contributed by atoms with E-state index in [0.29, 0.717) is 45.8 Å². The normalized spacial score (nSPS) is 14.3. The molecular weight excluding hydrogens is 526 g/mol. The quantitative estimate of drug-likeness (QED) is 0.285. The molecule has 1 saturated carbocycles. The predicted molar refractivity (Wildman–Crippen MR) is 143 cm³/mol. The van der Waals surface area contributed by atoms with E-state index in [-0.39, 0.29) is 11.5 Å². The molecule has 3 aromatic rings. The molecule has 0 atom stereocenters. The van der Waals surface area contributed by atoms with Crippen LogP contribution in [0.3, 0.4) is 0 Å². The molecule has 1 fully saturated rings. The second-order valence-electron chi connectivity index (χ2n) is 8.71. The van der Waals surface area contributed by atoms with E-state index in [1.54, 1.807) is 24.4 Å². The van der Waals surface area contributed by atoms with Crippen LogP contribution in [0.25, 0.3) is 10.9 Å². The SMILES string of the molecule is C=CCc1cc(C=Nn2c(C3CCCCC3)nc3ccc(Br)cc3c2=O)cc(OC)c1OCC(=O)O. The van der Waals surface area contributed by atoms with Gasteiger partial charge in [0.15, 0.2) is 18.1 Å². The molecule has 4 rings (SSSR count). The van der Waals surface area contributed by atoms with Gasteiger partial charge in [-0.1, -0.05) is 41.3 Å². The third kappa shape index (κ3) is 5.67. The summed E-state index contributed by atoms with van der Waals surface area (Å²) in [5.74, 6) is 0.462. The number of nitrogens with zero attached hydrogens (tertiary/aromatic N) is 3. The van der Waals surface area contributed by atoms with E-state index in [0.717, 1.165) is 30.2 Å². The van der Waals surface area contributed by atoms with Gasteiger partial charge in [-0.3, -0.25) is 4.79 Å². The lowest BCUT2D eigenvalue weighted by molar-refractivity contribution is -0.139. The van der Waals surface area contributed by atoms with Gasteiger partial charge in [0.05, 0.1) is 24.2 Å². The Labute approximate surface area is 217 Å². The Morgan fingerprint density at radius 1 is 1.28 bits per heavy atom. The molecule has 2 aromatic carbocycles. The molecule has 1 aliphatic rings. The van der Waals surface area contributed by atoms with E-state index in [2.05, 4.69) is 27.6 Å². The number of fused-ring (bicyclic) bond motifs is 1. The number of carboxylic acid groups (broad SMARTS) is 1. The van der Waals surface area contributed by atoms with Crippen LogP contribution in [0.5, 0.6) is 11.5 Å². The predicted octanol–water partition coefficient (Wildman–Crippen LogP) is 5.29. The zero-order chi connectivity index (χ0) is 25.7. The summed E-state index contributed by atoms with van der Waals surface area (Å²) >= 11 is 3.44. The number of halogens is 1. The number of allylic oxidation sites excluding steroid dienone is 1. The fraction of sp³-hybridized carbons (Fsp3) is 0.333. The molecule has 1 N–H and O–H groups in total. The van der Waals surface area contributed by atoms with Crippen molar-refractivity contribution in [2.24, 2.45) is 5.10 Å². The maximum Gasteiger partial charge on any atom is 0.341 e. The first-order valence-corrected chi connectivity index (χ1v) is 12.6. The van der Waals surface area contributed by atoms with Crippen molar-refractivity contribution in [2.45, 2.75) is 44.4 Å². The standard InChI is InChI=1S/C27H28BrN3O5/c1-3-7-19-12-17(13-23(35-2)25(19)36-16-24(32)33)15-29-31-26(18-8-5-4-6-9-18)30-22-11-10-20(28)14-21(22)27(31)34/h3,10-15,18H,1,4-9,16H2,2H3,(H,32,33). The van der Waals surface area contributed by atoms with E-state index >= 15 is 0 Å². The average molecular weight is 554 g/mol. The van der Waals surface area contributed by atoms with Gasteiger partial charge >= 0.3 is 5.97 Å². The summed E-state index contributed by atoms with van der Waals surface area (Å²) in [6.07, 6.45) is 9.05. The maximum absolute atomic E-state index is 13.5. The molecule has 0 spiro atoms. The minimum Gasteiger partial charge on any atom is -0.493 e. The Morgan fingerprint density at radius 2 is 2.06 bits per heavy atom. The van der Waals surface area contributed by atoms with Crippen LogP contribution in [0, 0.1) is 0 Å². The maximum atomic E-state index is 13.5. The van der Waals surface area contributed by atoms with E-state index < -0.39 is 12.6 Å².